The number of carbonyl (C=O) groups excluding carboxylic acids is 1. The largest absolute Gasteiger partial charge is 0.480 e. The second-order valence-electron chi connectivity index (χ2n) is 4.87. The van der Waals surface area contributed by atoms with Gasteiger partial charge in [0.1, 0.15) is 5.54 Å². The molecule has 2 N–H and O–H groups in total. The van der Waals surface area contributed by atoms with Gasteiger partial charge in [0.25, 0.3) is 0 Å². The van der Waals surface area contributed by atoms with E-state index in [4.69, 9.17) is 16.7 Å². The highest BCUT2D eigenvalue weighted by atomic mass is 35.5. The number of nitrogens with one attached hydrogen (secondary N) is 1. The predicted molar refractivity (Wildman–Crippen MR) is 77.8 cm³/mol. The van der Waals surface area contributed by atoms with Gasteiger partial charge in [0, 0.05) is 18.6 Å². The van der Waals surface area contributed by atoms with Crippen molar-refractivity contribution in [2.75, 3.05) is 7.05 Å². The molecule has 1 atom stereocenters. The van der Waals surface area contributed by atoms with Crippen molar-refractivity contribution in [1.82, 2.24) is 10.2 Å². The second kappa shape index (κ2) is 6.61. The molecule has 0 aliphatic carbocycles. The van der Waals surface area contributed by atoms with Crippen molar-refractivity contribution in [2.45, 2.75) is 32.4 Å². The molecular formula is C14H19ClN2O3. The Bertz CT molecular complexity index is 507. The van der Waals surface area contributed by atoms with Gasteiger partial charge in [-0.1, -0.05) is 36.7 Å². The summed E-state index contributed by atoms with van der Waals surface area (Å²) in [5, 5.41) is 12.2. The molecule has 0 spiro atoms. The molecule has 0 radical (unpaired) electrons. The van der Waals surface area contributed by atoms with E-state index in [1.54, 1.807) is 20.0 Å². The lowest BCUT2D eigenvalue weighted by atomic mass is 10.00. The number of aliphatic carboxylic acids is 1. The van der Waals surface area contributed by atoms with Crippen molar-refractivity contribution >= 4 is 23.6 Å². The highest BCUT2D eigenvalue weighted by molar-refractivity contribution is 6.31. The lowest BCUT2D eigenvalue weighted by molar-refractivity contribution is -0.143. The molecule has 0 saturated carbocycles. The van der Waals surface area contributed by atoms with E-state index in [0.717, 1.165) is 5.56 Å². The third-order valence-corrected chi connectivity index (χ3v) is 3.64. The standard InChI is InChI=1S/C14H19ClN2O3/c1-4-14(2,12(18)19)16-13(20)17(3)9-10-7-5-6-8-11(10)15/h5-8H,4,9H2,1-3H3,(H,16,20)(H,18,19). The Morgan fingerprint density at radius 2 is 2.00 bits per heavy atom. The molecule has 0 aliphatic rings. The van der Waals surface area contributed by atoms with Crippen molar-refractivity contribution in [3.63, 3.8) is 0 Å². The lowest BCUT2D eigenvalue weighted by Crippen LogP contribution is -2.54. The minimum atomic E-state index is -1.27. The topological polar surface area (TPSA) is 69.6 Å². The Balaban J connectivity index is 2.73. The van der Waals surface area contributed by atoms with E-state index >= 15 is 0 Å². The number of hydrogen-bond donors (Lipinski definition) is 2. The van der Waals surface area contributed by atoms with Crippen LogP contribution in [0.5, 0.6) is 0 Å². The summed E-state index contributed by atoms with van der Waals surface area (Å²) in [5.41, 5.74) is -0.466. The summed E-state index contributed by atoms with van der Waals surface area (Å²) < 4.78 is 0. The predicted octanol–water partition coefficient (Wildman–Crippen LogP) is 2.73. The zero-order valence-electron chi connectivity index (χ0n) is 11.8. The van der Waals surface area contributed by atoms with Crippen LogP contribution in [0, 0.1) is 0 Å². The smallest absolute Gasteiger partial charge is 0.329 e. The van der Waals surface area contributed by atoms with Crippen molar-refractivity contribution in [3.8, 4) is 0 Å². The summed E-state index contributed by atoms with van der Waals surface area (Å²) in [5.74, 6) is -1.06. The van der Waals surface area contributed by atoms with E-state index in [1.165, 1.54) is 11.8 Å². The average molecular weight is 299 g/mol. The van der Waals surface area contributed by atoms with Gasteiger partial charge in [0.2, 0.25) is 0 Å². The molecule has 1 unspecified atom stereocenters. The third-order valence-electron chi connectivity index (χ3n) is 3.27. The van der Waals surface area contributed by atoms with Crippen LogP contribution < -0.4 is 5.32 Å². The number of benzene rings is 1. The van der Waals surface area contributed by atoms with Crippen LogP contribution in [0.1, 0.15) is 25.8 Å². The van der Waals surface area contributed by atoms with Crippen LogP contribution in [-0.4, -0.2) is 34.6 Å². The molecule has 0 aliphatic heterocycles. The van der Waals surface area contributed by atoms with Crippen molar-refractivity contribution in [3.05, 3.63) is 34.9 Å². The number of carboxylic acids is 1. The summed E-state index contributed by atoms with van der Waals surface area (Å²) in [6, 6.07) is 6.76. The Morgan fingerprint density at radius 3 is 2.50 bits per heavy atom. The van der Waals surface area contributed by atoms with Crippen LogP contribution in [0.25, 0.3) is 0 Å². The fraction of sp³-hybridized carbons (Fsp3) is 0.429. The molecule has 0 fully saturated rings. The van der Waals surface area contributed by atoms with E-state index in [2.05, 4.69) is 5.32 Å². The molecule has 0 heterocycles. The maximum absolute atomic E-state index is 12.0. The maximum Gasteiger partial charge on any atom is 0.329 e. The van der Waals surface area contributed by atoms with Crippen LogP contribution in [0.15, 0.2) is 24.3 Å². The van der Waals surface area contributed by atoms with E-state index in [0.29, 0.717) is 18.0 Å². The first-order valence-electron chi connectivity index (χ1n) is 6.30. The van der Waals surface area contributed by atoms with Crippen LogP contribution in [0.2, 0.25) is 5.02 Å². The summed E-state index contributed by atoms with van der Waals surface area (Å²) in [6.07, 6.45) is 0.300. The molecule has 6 heteroatoms. The van der Waals surface area contributed by atoms with E-state index in [9.17, 15) is 9.59 Å². The first kappa shape index (κ1) is 16.3. The Hall–Kier alpha value is -1.75. The van der Waals surface area contributed by atoms with E-state index in [1.807, 2.05) is 18.2 Å². The second-order valence-corrected chi connectivity index (χ2v) is 5.28. The number of carboxylic acid groups (broad SMARTS) is 1. The van der Waals surface area contributed by atoms with Gasteiger partial charge in [-0.15, -0.1) is 0 Å². The number of urea groups is 1. The quantitative estimate of drug-likeness (QED) is 0.878. The zero-order chi connectivity index (χ0) is 15.3. The molecule has 0 saturated heterocycles. The highest BCUT2D eigenvalue weighted by Gasteiger charge is 2.33. The Kier molecular flexibility index (Phi) is 5.39. The Labute approximate surface area is 123 Å². The number of halogens is 1. The van der Waals surface area contributed by atoms with Gasteiger partial charge >= 0.3 is 12.0 Å². The zero-order valence-corrected chi connectivity index (χ0v) is 12.6. The summed E-state index contributed by atoms with van der Waals surface area (Å²) in [4.78, 5) is 24.6. The summed E-state index contributed by atoms with van der Waals surface area (Å²) in [6.45, 7) is 3.50. The molecular weight excluding hydrogens is 280 g/mol. The molecule has 5 nitrogen and oxygen atoms in total. The number of carbonyl (C=O) groups is 2. The SMILES string of the molecule is CCC(C)(NC(=O)N(C)Cc1ccccc1Cl)C(=O)O. The average Bonchev–Trinajstić information content (AvgIpc) is 2.40. The van der Waals surface area contributed by atoms with E-state index in [-0.39, 0.29) is 0 Å². The highest BCUT2D eigenvalue weighted by Crippen LogP contribution is 2.17. The first-order chi connectivity index (χ1) is 9.30. The maximum atomic E-state index is 12.0. The van der Waals surface area contributed by atoms with Crippen LogP contribution in [-0.2, 0) is 11.3 Å². The number of nitrogens with zero attached hydrogens (tertiary/aromatic N) is 1. The van der Waals surface area contributed by atoms with Gasteiger partial charge in [-0.3, -0.25) is 0 Å². The Morgan fingerprint density at radius 1 is 1.40 bits per heavy atom. The monoisotopic (exact) mass is 298 g/mol. The molecule has 1 aromatic rings. The third kappa shape index (κ3) is 3.87. The molecule has 0 bridgehead atoms. The number of amides is 2. The van der Waals surface area contributed by atoms with Gasteiger partial charge < -0.3 is 15.3 Å². The lowest BCUT2D eigenvalue weighted by Gasteiger charge is -2.28. The van der Waals surface area contributed by atoms with Gasteiger partial charge in [-0.2, -0.15) is 0 Å². The van der Waals surface area contributed by atoms with E-state index < -0.39 is 17.5 Å². The molecule has 0 aromatic heterocycles. The van der Waals surface area contributed by atoms with Crippen LogP contribution in [0.4, 0.5) is 4.79 Å². The number of hydrogen-bond acceptors (Lipinski definition) is 2. The van der Waals surface area contributed by atoms with Gasteiger partial charge in [-0.05, 0) is 25.0 Å². The van der Waals surface area contributed by atoms with Crippen molar-refractivity contribution < 1.29 is 14.7 Å². The molecule has 1 rings (SSSR count). The fourth-order valence-electron chi connectivity index (χ4n) is 1.58. The fourth-order valence-corrected chi connectivity index (χ4v) is 1.77. The summed E-state index contributed by atoms with van der Waals surface area (Å²) in [7, 11) is 1.59. The minimum Gasteiger partial charge on any atom is -0.480 e. The molecule has 110 valence electrons. The van der Waals surface area contributed by atoms with Crippen molar-refractivity contribution in [2.24, 2.45) is 0 Å². The normalized spacial score (nSPS) is 13.4. The van der Waals surface area contributed by atoms with Crippen molar-refractivity contribution in [1.29, 1.82) is 0 Å². The molecule has 20 heavy (non-hydrogen) atoms. The van der Waals surface area contributed by atoms with Gasteiger partial charge in [-0.25, -0.2) is 9.59 Å². The molecule has 1 aromatic carbocycles. The number of rotatable bonds is 5. The first-order valence-corrected chi connectivity index (χ1v) is 6.68. The van der Waals surface area contributed by atoms with Crippen LogP contribution >= 0.6 is 11.6 Å². The van der Waals surface area contributed by atoms with Crippen LogP contribution in [0.3, 0.4) is 0 Å². The van der Waals surface area contributed by atoms with Gasteiger partial charge in [0.05, 0.1) is 0 Å². The molecule has 2 amide bonds. The summed E-state index contributed by atoms with van der Waals surface area (Å²) >= 11 is 6.03. The minimum absolute atomic E-state index is 0.300. The van der Waals surface area contributed by atoms with Gasteiger partial charge in [0.15, 0.2) is 0 Å².